The van der Waals surface area contributed by atoms with E-state index in [0.717, 1.165) is 19.3 Å². The van der Waals surface area contributed by atoms with Crippen LogP contribution < -0.4 is 0 Å². The topological polar surface area (TPSA) is 20.3 Å². The predicted molar refractivity (Wildman–Crippen MR) is 57.9 cm³/mol. The first-order chi connectivity index (χ1) is 6.20. The monoisotopic (exact) mass is 245 g/mol. The van der Waals surface area contributed by atoms with Crippen molar-refractivity contribution in [2.45, 2.75) is 37.1 Å². The molecule has 0 spiro atoms. The summed E-state index contributed by atoms with van der Waals surface area (Å²) >= 11 is 3.38. The van der Waals surface area contributed by atoms with Crippen molar-refractivity contribution < 1.29 is 4.79 Å². The van der Waals surface area contributed by atoms with Gasteiger partial charge in [0.2, 0.25) is 5.91 Å². The molecule has 0 aromatic carbocycles. The number of halogens is 1. The summed E-state index contributed by atoms with van der Waals surface area (Å²) in [5.74, 6) is 0.213. The lowest BCUT2D eigenvalue weighted by atomic mass is 10.3. The lowest BCUT2D eigenvalue weighted by Gasteiger charge is -2.22. The number of carbonyl (C=O) groups is 1. The molecular formula is C10H16BrNO. The normalized spacial score (nSPS) is 18.0. The van der Waals surface area contributed by atoms with Gasteiger partial charge in [-0.25, -0.2) is 0 Å². The minimum absolute atomic E-state index is 0.0203. The van der Waals surface area contributed by atoms with Gasteiger partial charge in [-0.05, 0) is 19.3 Å². The second-order valence-electron chi connectivity index (χ2n) is 3.39. The van der Waals surface area contributed by atoms with Crippen LogP contribution in [0.5, 0.6) is 0 Å². The SMILES string of the molecule is C=CCN(C(=O)C(Br)CC)C1CC1. The quantitative estimate of drug-likeness (QED) is 0.538. The molecule has 0 heterocycles. The summed E-state index contributed by atoms with van der Waals surface area (Å²) in [5, 5.41) is 0. The van der Waals surface area contributed by atoms with Gasteiger partial charge >= 0.3 is 0 Å². The lowest BCUT2D eigenvalue weighted by molar-refractivity contribution is -0.130. The van der Waals surface area contributed by atoms with E-state index < -0.39 is 0 Å². The van der Waals surface area contributed by atoms with Gasteiger partial charge in [-0.15, -0.1) is 6.58 Å². The number of hydrogen-bond acceptors (Lipinski definition) is 1. The van der Waals surface area contributed by atoms with Crippen LogP contribution in [0.25, 0.3) is 0 Å². The Balaban J connectivity index is 2.52. The zero-order chi connectivity index (χ0) is 9.84. The molecule has 1 unspecified atom stereocenters. The average molecular weight is 246 g/mol. The second-order valence-corrected chi connectivity index (χ2v) is 4.49. The largest absolute Gasteiger partial charge is 0.335 e. The van der Waals surface area contributed by atoms with Crippen LogP contribution in [-0.4, -0.2) is 28.2 Å². The number of alkyl halides is 1. The molecule has 0 aromatic rings. The van der Waals surface area contributed by atoms with E-state index >= 15 is 0 Å². The smallest absolute Gasteiger partial charge is 0.236 e. The third kappa shape index (κ3) is 2.83. The van der Waals surface area contributed by atoms with Crippen LogP contribution in [0.1, 0.15) is 26.2 Å². The number of carbonyl (C=O) groups excluding carboxylic acids is 1. The fourth-order valence-electron chi connectivity index (χ4n) is 1.30. The third-order valence-corrected chi connectivity index (χ3v) is 3.26. The van der Waals surface area contributed by atoms with E-state index in [1.807, 2.05) is 11.8 Å². The Bertz CT molecular complexity index is 201. The molecule has 0 saturated heterocycles. The summed E-state index contributed by atoms with van der Waals surface area (Å²) in [7, 11) is 0. The van der Waals surface area contributed by atoms with E-state index in [4.69, 9.17) is 0 Å². The van der Waals surface area contributed by atoms with Gasteiger partial charge in [-0.1, -0.05) is 28.9 Å². The molecule has 1 atom stereocenters. The minimum atomic E-state index is -0.0203. The molecule has 1 amide bonds. The second kappa shape index (κ2) is 4.80. The minimum Gasteiger partial charge on any atom is -0.335 e. The fourth-order valence-corrected chi connectivity index (χ4v) is 1.56. The molecule has 0 aliphatic heterocycles. The van der Waals surface area contributed by atoms with E-state index in [9.17, 15) is 4.79 Å². The van der Waals surface area contributed by atoms with Crippen LogP contribution in [0.3, 0.4) is 0 Å². The van der Waals surface area contributed by atoms with Gasteiger partial charge in [0.25, 0.3) is 0 Å². The van der Waals surface area contributed by atoms with E-state index in [2.05, 4.69) is 22.5 Å². The number of hydrogen-bond donors (Lipinski definition) is 0. The number of nitrogens with zero attached hydrogens (tertiary/aromatic N) is 1. The number of amides is 1. The Morgan fingerprint density at radius 2 is 2.38 bits per heavy atom. The van der Waals surface area contributed by atoms with E-state index in [1.165, 1.54) is 0 Å². The van der Waals surface area contributed by atoms with Crippen LogP contribution in [0.15, 0.2) is 12.7 Å². The molecule has 1 saturated carbocycles. The Hall–Kier alpha value is -0.310. The zero-order valence-corrected chi connectivity index (χ0v) is 9.59. The summed E-state index contributed by atoms with van der Waals surface area (Å²) in [6.45, 7) is 6.37. The Morgan fingerprint density at radius 3 is 2.77 bits per heavy atom. The maximum absolute atomic E-state index is 11.8. The highest BCUT2D eigenvalue weighted by Crippen LogP contribution is 2.28. The molecule has 13 heavy (non-hydrogen) atoms. The first-order valence-electron chi connectivity index (χ1n) is 4.76. The summed E-state index contributed by atoms with van der Waals surface area (Å²) < 4.78 is 0. The molecule has 1 rings (SSSR count). The molecular weight excluding hydrogens is 230 g/mol. The van der Waals surface area contributed by atoms with Gasteiger partial charge < -0.3 is 4.90 Å². The van der Waals surface area contributed by atoms with Crippen molar-refractivity contribution in [1.82, 2.24) is 4.90 Å². The Kier molecular flexibility index (Phi) is 3.97. The van der Waals surface area contributed by atoms with Crippen molar-refractivity contribution >= 4 is 21.8 Å². The molecule has 0 radical (unpaired) electrons. The highest BCUT2D eigenvalue weighted by molar-refractivity contribution is 9.10. The zero-order valence-electron chi connectivity index (χ0n) is 8.00. The first-order valence-corrected chi connectivity index (χ1v) is 5.67. The summed E-state index contributed by atoms with van der Waals surface area (Å²) in [6, 6.07) is 0.483. The van der Waals surface area contributed by atoms with Crippen molar-refractivity contribution in [3.8, 4) is 0 Å². The summed E-state index contributed by atoms with van der Waals surface area (Å²) in [5.41, 5.74) is 0. The highest BCUT2D eigenvalue weighted by Gasteiger charge is 2.33. The Labute approximate surface area is 88.1 Å². The van der Waals surface area contributed by atoms with Crippen molar-refractivity contribution in [3.05, 3.63) is 12.7 Å². The van der Waals surface area contributed by atoms with Crippen LogP contribution in [0.4, 0.5) is 0 Å². The lowest BCUT2D eigenvalue weighted by Crippen LogP contribution is -2.38. The van der Waals surface area contributed by atoms with E-state index in [0.29, 0.717) is 12.6 Å². The average Bonchev–Trinajstić information content (AvgIpc) is 2.95. The van der Waals surface area contributed by atoms with Crippen LogP contribution in [0.2, 0.25) is 0 Å². The third-order valence-electron chi connectivity index (χ3n) is 2.22. The fraction of sp³-hybridized carbons (Fsp3) is 0.700. The van der Waals surface area contributed by atoms with Gasteiger partial charge in [0, 0.05) is 12.6 Å². The van der Waals surface area contributed by atoms with Crippen molar-refractivity contribution in [3.63, 3.8) is 0 Å². The molecule has 2 nitrogen and oxygen atoms in total. The van der Waals surface area contributed by atoms with Crippen LogP contribution >= 0.6 is 15.9 Å². The maximum atomic E-state index is 11.8. The van der Waals surface area contributed by atoms with Crippen LogP contribution in [0, 0.1) is 0 Å². The standard InChI is InChI=1S/C10H16BrNO/c1-3-7-12(8-5-6-8)10(13)9(11)4-2/h3,8-9H,1,4-7H2,2H3. The van der Waals surface area contributed by atoms with Gasteiger partial charge in [0.15, 0.2) is 0 Å². The van der Waals surface area contributed by atoms with Gasteiger partial charge in [0.05, 0.1) is 4.83 Å². The first kappa shape index (κ1) is 10.8. The summed E-state index contributed by atoms with van der Waals surface area (Å²) in [6.07, 6.45) is 4.96. The van der Waals surface area contributed by atoms with Gasteiger partial charge in [-0.3, -0.25) is 4.79 Å². The molecule has 1 fully saturated rings. The van der Waals surface area contributed by atoms with Crippen molar-refractivity contribution in [2.75, 3.05) is 6.54 Å². The predicted octanol–water partition coefficient (Wildman–Crippen LogP) is 2.34. The molecule has 0 aromatic heterocycles. The molecule has 0 bridgehead atoms. The highest BCUT2D eigenvalue weighted by atomic mass is 79.9. The van der Waals surface area contributed by atoms with Crippen LogP contribution in [-0.2, 0) is 4.79 Å². The van der Waals surface area contributed by atoms with Crippen molar-refractivity contribution in [2.24, 2.45) is 0 Å². The Morgan fingerprint density at radius 1 is 1.77 bits per heavy atom. The molecule has 3 heteroatoms. The van der Waals surface area contributed by atoms with Gasteiger partial charge in [0.1, 0.15) is 0 Å². The molecule has 0 N–H and O–H groups in total. The van der Waals surface area contributed by atoms with E-state index in [-0.39, 0.29) is 10.7 Å². The molecule has 1 aliphatic rings. The number of rotatable bonds is 5. The van der Waals surface area contributed by atoms with E-state index in [1.54, 1.807) is 6.08 Å². The summed E-state index contributed by atoms with van der Waals surface area (Å²) in [4.78, 5) is 13.7. The van der Waals surface area contributed by atoms with Crippen molar-refractivity contribution in [1.29, 1.82) is 0 Å². The maximum Gasteiger partial charge on any atom is 0.236 e. The molecule has 74 valence electrons. The van der Waals surface area contributed by atoms with Gasteiger partial charge in [-0.2, -0.15) is 0 Å². The molecule has 1 aliphatic carbocycles.